The first-order chi connectivity index (χ1) is 8.82. The van der Waals surface area contributed by atoms with Crippen molar-refractivity contribution in [3.8, 4) is 0 Å². The highest BCUT2D eigenvalue weighted by Gasteiger charge is 2.50. The largest absolute Gasteiger partial charge is 0.501 e. The monoisotopic (exact) mass is 269 g/mol. The topological polar surface area (TPSA) is 30.9 Å². The van der Waals surface area contributed by atoms with Crippen LogP contribution in [0.4, 0.5) is 0 Å². The van der Waals surface area contributed by atoms with Gasteiger partial charge < -0.3 is 18.9 Å². The predicted octanol–water partition coefficient (Wildman–Crippen LogP) is 2.49. The van der Waals surface area contributed by atoms with E-state index >= 15 is 0 Å². The van der Waals surface area contributed by atoms with E-state index in [0.29, 0.717) is 6.61 Å². The molecule has 5 heteroatoms. The van der Waals surface area contributed by atoms with Gasteiger partial charge in [0.2, 0.25) is 0 Å². The van der Waals surface area contributed by atoms with Gasteiger partial charge in [-0.2, -0.15) is 0 Å². The molecule has 0 bridgehead atoms. The van der Waals surface area contributed by atoms with Crippen molar-refractivity contribution in [1.29, 1.82) is 0 Å². The fourth-order valence-electron chi connectivity index (χ4n) is 1.88. The molecule has 1 saturated heterocycles. The number of rotatable bonds is 7. The van der Waals surface area contributed by atoms with Gasteiger partial charge in [-0.25, -0.2) is 0 Å². The second-order valence-electron chi connectivity index (χ2n) is 5.85. The molecule has 0 aromatic rings. The molecule has 1 aliphatic heterocycles. The Kier molecular flexibility index (Phi) is 5.90. The van der Waals surface area contributed by atoms with Crippen LogP contribution in [0.1, 0.15) is 41.5 Å². The fraction of sp³-hybridized carbons (Fsp3) is 0.857. The van der Waals surface area contributed by atoms with Crippen LogP contribution >= 0.6 is 0 Å². The van der Waals surface area contributed by atoms with Crippen LogP contribution in [0.3, 0.4) is 0 Å². The SMILES string of the molecule is CCN(CC)CCO/C=C/B1OC(C)(C)C(C)(C)O1. The zero-order chi connectivity index (χ0) is 14.5. The number of likely N-dealkylation sites (N-methyl/N-ethyl adjacent to an activating group) is 1. The van der Waals surface area contributed by atoms with E-state index in [2.05, 4.69) is 18.7 Å². The molecule has 0 amide bonds. The minimum absolute atomic E-state index is 0.288. The zero-order valence-corrected chi connectivity index (χ0v) is 13.2. The zero-order valence-electron chi connectivity index (χ0n) is 13.2. The van der Waals surface area contributed by atoms with Crippen LogP contribution in [-0.4, -0.2) is 49.5 Å². The third kappa shape index (κ3) is 4.51. The van der Waals surface area contributed by atoms with E-state index in [0.717, 1.165) is 19.6 Å². The molecule has 0 aromatic carbocycles. The standard InChI is InChI=1S/C14H28BNO3/c1-7-16(8-2)10-12-17-11-9-15-18-13(3,4)14(5,6)19-15/h9,11H,7-8,10,12H2,1-6H3/b11-9+. The summed E-state index contributed by atoms with van der Waals surface area (Å²) in [7, 11) is -0.321. The quantitative estimate of drug-likeness (QED) is 0.403. The number of ether oxygens (including phenoxy) is 1. The molecule has 1 fully saturated rings. The molecule has 0 unspecified atom stereocenters. The molecule has 1 heterocycles. The van der Waals surface area contributed by atoms with Gasteiger partial charge in [0.05, 0.1) is 24.1 Å². The minimum Gasteiger partial charge on any atom is -0.501 e. The summed E-state index contributed by atoms with van der Waals surface area (Å²) in [6.07, 6.45) is 1.69. The highest BCUT2D eigenvalue weighted by Crippen LogP contribution is 2.36. The summed E-state index contributed by atoms with van der Waals surface area (Å²) >= 11 is 0. The van der Waals surface area contributed by atoms with Crippen molar-refractivity contribution in [2.24, 2.45) is 0 Å². The van der Waals surface area contributed by atoms with Gasteiger partial charge >= 0.3 is 7.12 Å². The highest BCUT2D eigenvalue weighted by molar-refractivity contribution is 6.51. The Hall–Kier alpha value is -0.515. The van der Waals surface area contributed by atoms with E-state index < -0.39 is 0 Å². The Morgan fingerprint density at radius 2 is 1.58 bits per heavy atom. The van der Waals surface area contributed by atoms with Crippen molar-refractivity contribution in [3.05, 3.63) is 12.2 Å². The van der Waals surface area contributed by atoms with Crippen molar-refractivity contribution in [1.82, 2.24) is 4.90 Å². The van der Waals surface area contributed by atoms with Crippen LogP contribution in [0.15, 0.2) is 12.2 Å². The second-order valence-corrected chi connectivity index (χ2v) is 5.85. The van der Waals surface area contributed by atoms with Crippen LogP contribution in [0.2, 0.25) is 0 Å². The minimum atomic E-state index is -0.321. The molecule has 0 N–H and O–H groups in total. The first-order valence-electron chi connectivity index (χ1n) is 7.18. The smallest absolute Gasteiger partial charge is 0.490 e. The van der Waals surface area contributed by atoms with E-state index in [1.807, 2.05) is 33.7 Å². The maximum Gasteiger partial charge on any atom is 0.490 e. The maximum absolute atomic E-state index is 5.83. The fourth-order valence-corrected chi connectivity index (χ4v) is 1.88. The van der Waals surface area contributed by atoms with E-state index in [9.17, 15) is 0 Å². The summed E-state index contributed by atoms with van der Waals surface area (Å²) in [5.74, 6) is 1.83. The average Bonchev–Trinajstić information content (AvgIpc) is 2.52. The highest BCUT2D eigenvalue weighted by atomic mass is 16.7. The van der Waals surface area contributed by atoms with Gasteiger partial charge in [0, 0.05) is 6.54 Å². The summed E-state index contributed by atoms with van der Waals surface area (Å²) in [5, 5.41) is 0. The van der Waals surface area contributed by atoms with Gasteiger partial charge in [0.25, 0.3) is 0 Å². The lowest BCUT2D eigenvalue weighted by atomic mass is 9.90. The van der Waals surface area contributed by atoms with Gasteiger partial charge in [0.1, 0.15) is 0 Å². The molecule has 0 aromatic heterocycles. The molecular formula is C14H28BNO3. The Morgan fingerprint density at radius 3 is 2.05 bits per heavy atom. The lowest BCUT2D eigenvalue weighted by Gasteiger charge is -2.32. The number of hydrogen-bond acceptors (Lipinski definition) is 4. The first kappa shape index (κ1) is 16.5. The van der Waals surface area contributed by atoms with Crippen molar-refractivity contribution >= 4 is 7.12 Å². The van der Waals surface area contributed by atoms with E-state index in [1.54, 1.807) is 6.26 Å². The Morgan fingerprint density at radius 1 is 1.05 bits per heavy atom. The van der Waals surface area contributed by atoms with Crippen molar-refractivity contribution in [2.45, 2.75) is 52.7 Å². The van der Waals surface area contributed by atoms with Crippen LogP contribution in [0, 0.1) is 0 Å². The molecule has 0 spiro atoms. The predicted molar refractivity (Wildman–Crippen MR) is 79.0 cm³/mol. The maximum atomic E-state index is 5.83. The number of nitrogens with zero attached hydrogens (tertiary/aromatic N) is 1. The van der Waals surface area contributed by atoms with Gasteiger partial charge in [-0.1, -0.05) is 13.8 Å². The summed E-state index contributed by atoms with van der Waals surface area (Å²) in [6.45, 7) is 16.2. The van der Waals surface area contributed by atoms with Crippen molar-refractivity contribution in [3.63, 3.8) is 0 Å². The summed E-state index contributed by atoms with van der Waals surface area (Å²) in [4.78, 5) is 2.32. The number of hydrogen-bond donors (Lipinski definition) is 0. The third-order valence-corrected chi connectivity index (χ3v) is 4.02. The summed E-state index contributed by atoms with van der Waals surface area (Å²) < 4.78 is 17.2. The molecule has 0 radical (unpaired) electrons. The molecule has 1 aliphatic rings. The molecule has 19 heavy (non-hydrogen) atoms. The molecule has 0 aliphatic carbocycles. The Bertz CT molecular complexity index is 285. The van der Waals surface area contributed by atoms with Crippen molar-refractivity contribution in [2.75, 3.05) is 26.2 Å². The molecule has 0 saturated carbocycles. The lowest BCUT2D eigenvalue weighted by Crippen LogP contribution is -2.41. The van der Waals surface area contributed by atoms with Gasteiger partial charge in [-0.15, -0.1) is 0 Å². The first-order valence-corrected chi connectivity index (χ1v) is 7.18. The molecule has 4 nitrogen and oxygen atoms in total. The van der Waals surface area contributed by atoms with E-state index in [4.69, 9.17) is 14.0 Å². The van der Waals surface area contributed by atoms with E-state index in [1.165, 1.54) is 0 Å². The summed E-state index contributed by atoms with van der Waals surface area (Å²) in [5.41, 5.74) is -0.577. The Balaban J connectivity index is 2.28. The average molecular weight is 269 g/mol. The van der Waals surface area contributed by atoms with Crippen molar-refractivity contribution < 1.29 is 14.0 Å². The van der Waals surface area contributed by atoms with Gasteiger partial charge in [0.15, 0.2) is 0 Å². The summed E-state index contributed by atoms with van der Waals surface area (Å²) in [6, 6.07) is 0. The second kappa shape index (κ2) is 6.77. The third-order valence-electron chi connectivity index (χ3n) is 4.02. The van der Waals surface area contributed by atoms with Crippen LogP contribution in [0.5, 0.6) is 0 Å². The molecule has 1 rings (SSSR count). The van der Waals surface area contributed by atoms with Crippen LogP contribution < -0.4 is 0 Å². The van der Waals surface area contributed by atoms with Crippen LogP contribution in [-0.2, 0) is 14.0 Å². The molecule has 110 valence electrons. The van der Waals surface area contributed by atoms with Crippen LogP contribution in [0.25, 0.3) is 0 Å². The lowest BCUT2D eigenvalue weighted by molar-refractivity contribution is 0.00578. The Labute approximate surface area is 118 Å². The normalized spacial score (nSPS) is 21.5. The van der Waals surface area contributed by atoms with E-state index in [-0.39, 0.29) is 18.3 Å². The molecular weight excluding hydrogens is 241 g/mol. The molecule has 0 atom stereocenters. The van der Waals surface area contributed by atoms with Gasteiger partial charge in [-0.05, 0) is 46.8 Å². The van der Waals surface area contributed by atoms with Gasteiger partial charge in [-0.3, -0.25) is 0 Å².